The van der Waals surface area contributed by atoms with Crippen LogP contribution in [0.4, 0.5) is 5.69 Å². The van der Waals surface area contributed by atoms with Crippen molar-refractivity contribution in [1.82, 2.24) is 0 Å². The van der Waals surface area contributed by atoms with E-state index in [4.69, 9.17) is 0 Å². The summed E-state index contributed by atoms with van der Waals surface area (Å²) in [6, 6.07) is 16.4. The van der Waals surface area contributed by atoms with Crippen LogP contribution >= 0.6 is 0 Å². The van der Waals surface area contributed by atoms with E-state index in [9.17, 15) is 4.79 Å². The molecule has 1 aliphatic rings. The first-order valence-electron chi connectivity index (χ1n) is 6.97. The maximum atomic E-state index is 12.7. The Morgan fingerprint density at radius 2 is 1.75 bits per heavy atom. The van der Waals surface area contributed by atoms with Crippen LogP contribution in [0.3, 0.4) is 0 Å². The van der Waals surface area contributed by atoms with E-state index in [1.807, 2.05) is 36.9 Å². The van der Waals surface area contributed by atoms with Gasteiger partial charge in [0.1, 0.15) is 0 Å². The Morgan fingerprint density at radius 3 is 2.45 bits per heavy atom. The average molecular weight is 265 g/mol. The predicted octanol–water partition coefficient (Wildman–Crippen LogP) is 3.82. The maximum Gasteiger partial charge on any atom is 0.237 e. The van der Waals surface area contributed by atoms with Gasteiger partial charge in [0, 0.05) is 5.69 Å². The molecule has 1 heterocycles. The molecule has 1 amide bonds. The van der Waals surface area contributed by atoms with Gasteiger partial charge in [-0.3, -0.25) is 4.79 Å². The smallest absolute Gasteiger partial charge is 0.237 e. The van der Waals surface area contributed by atoms with Crippen molar-refractivity contribution in [2.75, 3.05) is 4.90 Å². The molecule has 3 rings (SSSR count). The van der Waals surface area contributed by atoms with Gasteiger partial charge in [-0.25, -0.2) is 0 Å². The van der Waals surface area contributed by atoms with Crippen molar-refractivity contribution < 1.29 is 4.79 Å². The fraction of sp³-hybridized carbons (Fsp3) is 0.278. The summed E-state index contributed by atoms with van der Waals surface area (Å²) in [5.74, 6) is 0.182. The molecule has 2 nitrogen and oxygen atoms in total. The van der Waals surface area contributed by atoms with Crippen molar-refractivity contribution in [1.29, 1.82) is 0 Å². The molecular formula is C18H19NO. The number of aryl methyl sites for hydroxylation is 1. The zero-order chi connectivity index (χ0) is 14.3. The lowest BCUT2D eigenvalue weighted by Gasteiger charge is -2.20. The number of carbonyl (C=O) groups excluding carboxylic acids is 1. The molecule has 0 N–H and O–H groups in total. The van der Waals surface area contributed by atoms with Crippen LogP contribution in [0.5, 0.6) is 0 Å². The second-order valence-electron chi connectivity index (χ2n) is 6.02. The topological polar surface area (TPSA) is 20.3 Å². The number of anilines is 1. The zero-order valence-corrected chi connectivity index (χ0v) is 12.2. The first-order chi connectivity index (χ1) is 9.50. The van der Waals surface area contributed by atoms with Crippen LogP contribution in [-0.4, -0.2) is 5.91 Å². The average Bonchev–Trinajstić information content (AvgIpc) is 2.62. The molecule has 102 valence electrons. The summed E-state index contributed by atoms with van der Waals surface area (Å²) in [6.45, 7) is 6.73. The number of amides is 1. The third kappa shape index (κ3) is 1.92. The molecule has 0 aromatic heterocycles. The molecule has 0 saturated carbocycles. The molecule has 1 aliphatic heterocycles. The highest BCUT2D eigenvalue weighted by atomic mass is 16.2. The fourth-order valence-corrected chi connectivity index (χ4v) is 2.87. The lowest BCUT2D eigenvalue weighted by molar-refractivity contribution is -0.122. The second-order valence-corrected chi connectivity index (χ2v) is 6.02. The molecule has 2 aromatic carbocycles. The zero-order valence-electron chi connectivity index (χ0n) is 12.2. The lowest BCUT2D eigenvalue weighted by atomic mass is 9.85. The molecule has 0 unspecified atom stereocenters. The summed E-state index contributed by atoms with van der Waals surface area (Å²) < 4.78 is 0. The monoisotopic (exact) mass is 265 g/mol. The SMILES string of the molecule is Cc1ccc2c(c1)C(C)(C)C(=O)N2Cc1ccccc1. The number of nitrogens with zero attached hydrogens (tertiary/aromatic N) is 1. The van der Waals surface area contributed by atoms with Crippen molar-refractivity contribution in [2.24, 2.45) is 0 Å². The van der Waals surface area contributed by atoms with Crippen molar-refractivity contribution in [3.05, 3.63) is 65.2 Å². The standard InChI is InChI=1S/C18H19NO/c1-13-9-10-16-15(11-13)18(2,3)17(20)19(16)12-14-7-5-4-6-8-14/h4-11H,12H2,1-3H3. The molecule has 0 saturated heterocycles. The van der Waals surface area contributed by atoms with Gasteiger partial charge >= 0.3 is 0 Å². The first kappa shape index (κ1) is 12.9. The van der Waals surface area contributed by atoms with Crippen LogP contribution in [0.1, 0.15) is 30.5 Å². The molecule has 0 bridgehead atoms. The quantitative estimate of drug-likeness (QED) is 0.808. The molecule has 0 fully saturated rings. The molecule has 0 radical (unpaired) electrons. The van der Waals surface area contributed by atoms with Crippen molar-refractivity contribution >= 4 is 11.6 Å². The van der Waals surface area contributed by atoms with Gasteiger partial charge in [0.25, 0.3) is 0 Å². The Bertz CT molecular complexity index is 658. The third-order valence-corrected chi connectivity index (χ3v) is 4.08. The number of fused-ring (bicyclic) bond motifs is 1. The van der Waals surface area contributed by atoms with E-state index < -0.39 is 5.41 Å². The minimum absolute atomic E-state index is 0.182. The molecule has 0 spiro atoms. The van der Waals surface area contributed by atoms with Crippen molar-refractivity contribution in [2.45, 2.75) is 32.7 Å². The molecule has 0 atom stereocenters. The Hall–Kier alpha value is -2.09. The van der Waals surface area contributed by atoms with Gasteiger partial charge in [-0.15, -0.1) is 0 Å². The van der Waals surface area contributed by atoms with Crippen LogP contribution in [0, 0.1) is 6.92 Å². The molecule has 2 heteroatoms. The second kappa shape index (κ2) is 4.48. The summed E-state index contributed by atoms with van der Waals surface area (Å²) in [6.07, 6.45) is 0. The van der Waals surface area contributed by atoms with E-state index in [0.29, 0.717) is 6.54 Å². The third-order valence-electron chi connectivity index (χ3n) is 4.08. The van der Waals surface area contributed by atoms with E-state index in [0.717, 1.165) is 16.8 Å². The molecule has 0 aliphatic carbocycles. The van der Waals surface area contributed by atoms with Gasteiger partial charge in [0.15, 0.2) is 0 Å². The maximum absolute atomic E-state index is 12.7. The number of carbonyl (C=O) groups is 1. The van der Waals surface area contributed by atoms with Crippen LogP contribution in [0.15, 0.2) is 48.5 Å². The van der Waals surface area contributed by atoms with Crippen LogP contribution in [0.2, 0.25) is 0 Å². The van der Waals surface area contributed by atoms with E-state index in [2.05, 4.69) is 37.3 Å². The highest BCUT2D eigenvalue weighted by Gasteiger charge is 2.43. The summed E-state index contributed by atoms with van der Waals surface area (Å²) >= 11 is 0. The van der Waals surface area contributed by atoms with Gasteiger partial charge in [-0.1, -0.05) is 48.0 Å². The molecule has 2 aromatic rings. The van der Waals surface area contributed by atoms with Crippen LogP contribution < -0.4 is 4.90 Å². The largest absolute Gasteiger partial charge is 0.307 e. The predicted molar refractivity (Wildman–Crippen MR) is 81.8 cm³/mol. The Labute approximate surface area is 120 Å². The number of hydrogen-bond donors (Lipinski definition) is 0. The molecular weight excluding hydrogens is 246 g/mol. The number of rotatable bonds is 2. The van der Waals surface area contributed by atoms with E-state index >= 15 is 0 Å². The minimum atomic E-state index is -0.434. The van der Waals surface area contributed by atoms with Gasteiger partial charge in [0.05, 0.1) is 12.0 Å². The van der Waals surface area contributed by atoms with Crippen molar-refractivity contribution in [3.63, 3.8) is 0 Å². The lowest BCUT2D eigenvalue weighted by Crippen LogP contribution is -2.35. The summed E-state index contributed by atoms with van der Waals surface area (Å²) in [5.41, 5.74) is 4.11. The summed E-state index contributed by atoms with van der Waals surface area (Å²) in [5, 5.41) is 0. The van der Waals surface area contributed by atoms with E-state index in [1.54, 1.807) is 0 Å². The van der Waals surface area contributed by atoms with Gasteiger partial charge in [-0.05, 0) is 38.0 Å². The highest BCUT2D eigenvalue weighted by Crippen LogP contribution is 2.42. The normalized spacial score (nSPS) is 16.4. The Kier molecular flexibility index (Phi) is 2.89. The number of benzene rings is 2. The Balaban J connectivity index is 2.04. The first-order valence-corrected chi connectivity index (χ1v) is 6.97. The van der Waals surface area contributed by atoms with Crippen LogP contribution in [0.25, 0.3) is 0 Å². The van der Waals surface area contributed by atoms with E-state index in [1.165, 1.54) is 5.56 Å². The van der Waals surface area contributed by atoms with E-state index in [-0.39, 0.29) is 5.91 Å². The summed E-state index contributed by atoms with van der Waals surface area (Å²) in [7, 11) is 0. The highest BCUT2D eigenvalue weighted by molar-refractivity contribution is 6.07. The summed E-state index contributed by atoms with van der Waals surface area (Å²) in [4.78, 5) is 14.6. The Morgan fingerprint density at radius 1 is 1.05 bits per heavy atom. The fourth-order valence-electron chi connectivity index (χ4n) is 2.87. The van der Waals surface area contributed by atoms with Crippen molar-refractivity contribution in [3.8, 4) is 0 Å². The molecule has 20 heavy (non-hydrogen) atoms. The van der Waals surface area contributed by atoms with Gasteiger partial charge in [-0.2, -0.15) is 0 Å². The van der Waals surface area contributed by atoms with Crippen LogP contribution in [-0.2, 0) is 16.8 Å². The van der Waals surface area contributed by atoms with Gasteiger partial charge in [0.2, 0.25) is 5.91 Å². The minimum Gasteiger partial charge on any atom is -0.307 e. The number of hydrogen-bond acceptors (Lipinski definition) is 1. The van der Waals surface area contributed by atoms with Gasteiger partial charge < -0.3 is 4.90 Å².